The summed E-state index contributed by atoms with van der Waals surface area (Å²) in [6, 6.07) is 11.6. The summed E-state index contributed by atoms with van der Waals surface area (Å²) < 4.78 is 10.8. The molecule has 2 aliphatic rings. The maximum absolute atomic E-state index is 6.25. The fourth-order valence-corrected chi connectivity index (χ4v) is 4.20. The maximum Gasteiger partial charge on any atom is 0.231 e. The Morgan fingerprint density at radius 2 is 1.84 bits per heavy atom. The van der Waals surface area contributed by atoms with Gasteiger partial charge in [-0.1, -0.05) is 30.2 Å². The summed E-state index contributed by atoms with van der Waals surface area (Å²) in [6.45, 7) is 4.48. The number of ether oxygens (including phenoxy) is 2. The molecular weight excluding hydrogens is 412 g/mol. The molecule has 2 aliphatic heterocycles. The lowest BCUT2D eigenvalue weighted by molar-refractivity contribution is 0.174. The van der Waals surface area contributed by atoms with Crippen LogP contribution in [-0.2, 0) is 0 Å². The minimum atomic E-state index is 0.269. The topological polar surface area (TPSA) is 59.5 Å². The van der Waals surface area contributed by atoms with Crippen molar-refractivity contribution in [3.8, 4) is 11.5 Å². The van der Waals surface area contributed by atoms with Gasteiger partial charge < -0.3 is 19.7 Å². The fraction of sp³-hybridized carbons (Fsp3) is 0.333. The molecule has 3 heterocycles. The van der Waals surface area contributed by atoms with Crippen LogP contribution in [0.5, 0.6) is 11.5 Å². The molecule has 31 heavy (non-hydrogen) atoms. The third-order valence-electron chi connectivity index (χ3n) is 5.67. The summed E-state index contributed by atoms with van der Waals surface area (Å²) in [5.74, 6) is 3.00. The van der Waals surface area contributed by atoms with E-state index in [-0.39, 0.29) is 6.79 Å². The van der Waals surface area contributed by atoms with Gasteiger partial charge in [-0.05, 0) is 67.9 Å². The zero-order valence-corrected chi connectivity index (χ0v) is 18.1. The van der Waals surface area contributed by atoms with Crippen LogP contribution in [-0.4, -0.2) is 47.8 Å². The van der Waals surface area contributed by atoms with Crippen molar-refractivity contribution < 1.29 is 9.47 Å². The van der Waals surface area contributed by atoms with E-state index in [2.05, 4.69) is 10.2 Å². The van der Waals surface area contributed by atoms with Crippen LogP contribution in [0, 0.1) is 0 Å². The first-order chi connectivity index (χ1) is 15.2. The Kier molecular flexibility index (Phi) is 5.91. The lowest BCUT2D eigenvalue weighted by atomic mass is 10.1. The number of anilines is 1. The predicted molar refractivity (Wildman–Crippen MR) is 125 cm³/mol. The van der Waals surface area contributed by atoms with Gasteiger partial charge in [0.05, 0.1) is 5.52 Å². The van der Waals surface area contributed by atoms with E-state index in [4.69, 9.17) is 31.0 Å². The van der Waals surface area contributed by atoms with Gasteiger partial charge in [0.15, 0.2) is 17.3 Å². The van der Waals surface area contributed by atoms with E-state index in [1.165, 1.54) is 32.4 Å². The van der Waals surface area contributed by atoms with Gasteiger partial charge in [-0.3, -0.25) is 0 Å². The van der Waals surface area contributed by atoms with Crippen LogP contribution >= 0.6 is 11.6 Å². The molecule has 0 aliphatic carbocycles. The SMILES string of the molecule is Clc1ccc2nc(/C=C/c3ccc4c(c3)OCO4)nc(NCCN3CCCCC3)c2c1. The fourth-order valence-electron chi connectivity index (χ4n) is 4.03. The van der Waals surface area contributed by atoms with Crippen LogP contribution in [0.15, 0.2) is 36.4 Å². The van der Waals surface area contributed by atoms with E-state index < -0.39 is 0 Å². The van der Waals surface area contributed by atoms with Crippen molar-refractivity contribution >= 4 is 40.5 Å². The second kappa shape index (κ2) is 9.12. The average molecular weight is 437 g/mol. The Balaban J connectivity index is 1.37. The highest BCUT2D eigenvalue weighted by atomic mass is 35.5. The molecule has 1 saturated heterocycles. The summed E-state index contributed by atoms with van der Waals surface area (Å²) in [6.07, 6.45) is 7.83. The summed E-state index contributed by atoms with van der Waals surface area (Å²) in [5, 5.41) is 5.13. The molecule has 0 amide bonds. The second-order valence-corrected chi connectivity index (χ2v) is 8.30. The van der Waals surface area contributed by atoms with Crippen molar-refractivity contribution in [3.05, 3.63) is 52.8 Å². The molecule has 1 N–H and O–H groups in total. The molecule has 0 atom stereocenters. The number of nitrogens with zero attached hydrogens (tertiary/aromatic N) is 3. The third-order valence-corrected chi connectivity index (χ3v) is 5.90. The molecule has 0 saturated carbocycles. The highest BCUT2D eigenvalue weighted by Crippen LogP contribution is 2.33. The zero-order valence-electron chi connectivity index (χ0n) is 17.3. The van der Waals surface area contributed by atoms with Crippen LogP contribution in [0.1, 0.15) is 30.7 Å². The van der Waals surface area contributed by atoms with Crippen molar-refractivity contribution in [3.63, 3.8) is 0 Å². The molecule has 0 bridgehead atoms. The molecule has 2 aromatic carbocycles. The quantitative estimate of drug-likeness (QED) is 0.581. The number of nitrogens with one attached hydrogen (secondary N) is 1. The normalized spacial score (nSPS) is 16.3. The number of piperidine rings is 1. The van der Waals surface area contributed by atoms with Gasteiger partial charge in [0.25, 0.3) is 0 Å². The number of hydrogen-bond donors (Lipinski definition) is 1. The smallest absolute Gasteiger partial charge is 0.231 e. The van der Waals surface area contributed by atoms with Crippen LogP contribution in [0.3, 0.4) is 0 Å². The summed E-state index contributed by atoms with van der Waals surface area (Å²) in [5.41, 5.74) is 1.87. The van der Waals surface area contributed by atoms with Crippen molar-refractivity contribution in [2.75, 3.05) is 38.3 Å². The molecule has 1 aromatic heterocycles. The molecular formula is C24H25ClN4O2. The van der Waals surface area contributed by atoms with Crippen LogP contribution in [0.2, 0.25) is 5.02 Å². The molecule has 0 unspecified atom stereocenters. The van der Waals surface area contributed by atoms with E-state index in [1.807, 2.05) is 48.6 Å². The Bertz CT molecular complexity index is 1110. The van der Waals surface area contributed by atoms with Gasteiger partial charge in [-0.25, -0.2) is 9.97 Å². The van der Waals surface area contributed by atoms with Gasteiger partial charge in [0, 0.05) is 23.5 Å². The van der Waals surface area contributed by atoms with Crippen molar-refractivity contribution in [1.82, 2.24) is 14.9 Å². The Morgan fingerprint density at radius 1 is 0.968 bits per heavy atom. The summed E-state index contributed by atoms with van der Waals surface area (Å²) in [7, 11) is 0. The number of halogens is 1. The number of fused-ring (bicyclic) bond motifs is 2. The molecule has 0 spiro atoms. The molecule has 7 heteroatoms. The zero-order chi connectivity index (χ0) is 21.0. The molecule has 6 nitrogen and oxygen atoms in total. The highest BCUT2D eigenvalue weighted by Gasteiger charge is 2.13. The average Bonchev–Trinajstić information content (AvgIpc) is 3.27. The van der Waals surface area contributed by atoms with E-state index in [0.29, 0.717) is 10.8 Å². The van der Waals surface area contributed by atoms with E-state index in [1.54, 1.807) is 0 Å². The minimum Gasteiger partial charge on any atom is -0.454 e. The molecule has 3 aromatic rings. The monoisotopic (exact) mass is 436 g/mol. The molecule has 5 rings (SSSR count). The van der Waals surface area contributed by atoms with Crippen LogP contribution in [0.4, 0.5) is 5.82 Å². The number of benzene rings is 2. The second-order valence-electron chi connectivity index (χ2n) is 7.87. The molecule has 160 valence electrons. The van der Waals surface area contributed by atoms with E-state index in [0.717, 1.165) is 46.9 Å². The van der Waals surface area contributed by atoms with Gasteiger partial charge in [0.1, 0.15) is 5.82 Å². The first-order valence-corrected chi connectivity index (χ1v) is 11.1. The molecule has 1 fully saturated rings. The predicted octanol–water partition coefficient (Wildman–Crippen LogP) is 5.08. The van der Waals surface area contributed by atoms with Gasteiger partial charge in [-0.15, -0.1) is 0 Å². The first kappa shape index (κ1) is 20.1. The van der Waals surface area contributed by atoms with Gasteiger partial charge >= 0.3 is 0 Å². The summed E-state index contributed by atoms with van der Waals surface area (Å²) >= 11 is 6.25. The Labute approximate surface area is 186 Å². The van der Waals surface area contributed by atoms with Crippen LogP contribution in [0.25, 0.3) is 23.1 Å². The van der Waals surface area contributed by atoms with Crippen molar-refractivity contribution in [2.45, 2.75) is 19.3 Å². The standard InChI is InChI=1S/C24H25ClN4O2/c25-18-6-7-20-19(15-18)24(26-10-13-29-11-2-1-3-12-29)28-23(27-20)9-5-17-4-8-21-22(14-17)31-16-30-21/h4-9,14-15H,1-3,10-13,16H2,(H,26,27,28)/b9-5+. The lowest BCUT2D eigenvalue weighted by Crippen LogP contribution is -2.33. The number of hydrogen-bond acceptors (Lipinski definition) is 6. The maximum atomic E-state index is 6.25. The van der Waals surface area contributed by atoms with Crippen LogP contribution < -0.4 is 14.8 Å². The Hall–Kier alpha value is -2.83. The largest absolute Gasteiger partial charge is 0.454 e. The number of likely N-dealkylation sites (tertiary alicyclic amines) is 1. The van der Waals surface area contributed by atoms with Crippen molar-refractivity contribution in [2.24, 2.45) is 0 Å². The van der Waals surface area contributed by atoms with E-state index >= 15 is 0 Å². The van der Waals surface area contributed by atoms with Gasteiger partial charge in [-0.2, -0.15) is 0 Å². The van der Waals surface area contributed by atoms with E-state index in [9.17, 15) is 0 Å². The highest BCUT2D eigenvalue weighted by molar-refractivity contribution is 6.31. The van der Waals surface area contributed by atoms with Crippen molar-refractivity contribution in [1.29, 1.82) is 0 Å². The number of aromatic nitrogens is 2. The molecule has 0 radical (unpaired) electrons. The van der Waals surface area contributed by atoms with Gasteiger partial charge in [0.2, 0.25) is 6.79 Å². The Morgan fingerprint density at radius 3 is 2.74 bits per heavy atom. The first-order valence-electron chi connectivity index (χ1n) is 10.8. The lowest BCUT2D eigenvalue weighted by Gasteiger charge is -2.26. The minimum absolute atomic E-state index is 0.269. The third kappa shape index (κ3) is 4.75. The summed E-state index contributed by atoms with van der Waals surface area (Å²) in [4.78, 5) is 12.0. The number of rotatable bonds is 6.